The van der Waals surface area contributed by atoms with Crippen molar-refractivity contribution in [2.24, 2.45) is 0 Å². The molecule has 0 spiro atoms. The van der Waals surface area contributed by atoms with Crippen molar-refractivity contribution in [2.45, 2.75) is 0 Å². The van der Waals surface area contributed by atoms with E-state index in [0.29, 0.717) is 0 Å². The maximum atomic E-state index is 6.41. The van der Waals surface area contributed by atoms with Gasteiger partial charge in [0.2, 0.25) is 0 Å². The Morgan fingerprint density at radius 2 is 1.14 bits per heavy atom. The highest BCUT2D eigenvalue weighted by atomic mass is 32.1. The zero-order valence-electron chi connectivity index (χ0n) is 26.5. The predicted octanol–water partition coefficient (Wildman–Crippen LogP) is 13.9. The lowest BCUT2D eigenvalue weighted by Gasteiger charge is -2.27. The molecule has 2 heterocycles. The van der Waals surface area contributed by atoms with E-state index >= 15 is 0 Å². The Kier molecular flexibility index (Phi) is 6.39. The van der Waals surface area contributed by atoms with Gasteiger partial charge in [-0.2, -0.15) is 0 Å². The molecule has 0 unspecified atom stereocenters. The first kappa shape index (κ1) is 27.9. The van der Waals surface area contributed by atoms with Crippen LogP contribution in [-0.2, 0) is 0 Å². The van der Waals surface area contributed by atoms with Crippen molar-refractivity contribution >= 4 is 81.3 Å². The van der Waals surface area contributed by atoms with E-state index in [4.69, 9.17) is 4.42 Å². The first-order chi connectivity index (χ1) is 24.3. The lowest BCUT2D eigenvalue weighted by molar-refractivity contribution is 0.670. The van der Waals surface area contributed by atoms with E-state index in [-0.39, 0.29) is 0 Å². The fourth-order valence-electron chi connectivity index (χ4n) is 7.36. The van der Waals surface area contributed by atoms with Gasteiger partial charge in [-0.3, -0.25) is 0 Å². The summed E-state index contributed by atoms with van der Waals surface area (Å²) >= 11 is 1.87. The minimum Gasteiger partial charge on any atom is -0.455 e. The van der Waals surface area contributed by atoms with E-state index in [1.807, 2.05) is 23.5 Å². The number of fused-ring (bicyclic) bond motifs is 7. The van der Waals surface area contributed by atoms with Gasteiger partial charge < -0.3 is 9.32 Å². The summed E-state index contributed by atoms with van der Waals surface area (Å²) in [6.07, 6.45) is 0. The third-order valence-electron chi connectivity index (χ3n) is 9.66. The van der Waals surface area contributed by atoms with E-state index in [1.165, 1.54) is 47.8 Å². The second-order valence-electron chi connectivity index (χ2n) is 12.5. The molecule has 0 N–H and O–H groups in total. The molecule has 8 aromatic carbocycles. The Morgan fingerprint density at radius 1 is 0.449 bits per heavy atom. The third kappa shape index (κ3) is 4.55. The Labute approximate surface area is 287 Å². The molecule has 0 aliphatic rings. The van der Waals surface area contributed by atoms with Crippen molar-refractivity contribution in [3.63, 3.8) is 0 Å². The first-order valence-electron chi connectivity index (χ1n) is 16.6. The maximum absolute atomic E-state index is 6.41. The molecule has 230 valence electrons. The highest BCUT2D eigenvalue weighted by molar-refractivity contribution is 7.26. The number of rotatable bonds is 5. The zero-order valence-corrected chi connectivity index (χ0v) is 27.3. The molecule has 0 saturated carbocycles. The summed E-state index contributed by atoms with van der Waals surface area (Å²) < 4.78 is 8.97. The van der Waals surface area contributed by atoms with E-state index < -0.39 is 0 Å². The summed E-state index contributed by atoms with van der Waals surface area (Å²) in [7, 11) is 0. The van der Waals surface area contributed by atoms with Crippen molar-refractivity contribution in [3.05, 3.63) is 176 Å². The minimum absolute atomic E-state index is 0.912. The third-order valence-corrected chi connectivity index (χ3v) is 10.9. The highest BCUT2D eigenvalue weighted by Gasteiger charge is 2.21. The molecule has 0 aliphatic heterocycles. The molecule has 0 radical (unpaired) electrons. The Morgan fingerprint density at radius 3 is 2.02 bits per heavy atom. The van der Waals surface area contributed by atoms with Crippen LogP contribution in [0.3, 0.4) is 0 Å². The molecule has 0 bridgehead atoms. The molecular formula is C46H29NOS. The normalized spacial score (nSPS) is 11.7. The fourth-order valence-corrected chi connectivity index (χ4v) is 8.59. The summed E-state index contributed by atoms with van der Waals surface area (Å²) in [4.78, 5) is 2.42. The van der Waals surface area contributed by atoms with Crippen molar-refractivity contribution < 1.29 is 4.42 Å². The maximum Gasteiger partial charge on any atom is 0.143 e. The van der Waals surface area contributed by atoms with Crippen LogP contribution in [0.4, 0.5) is 17.1 Å². The molecule has 3 heteroatoms. The molecule has 0 saturated heterocycles. The summed E-state index contributed by atoms with van der Waals surface area (Å²) in [5, 5.41) is 7.31. The number of nitrogens with zero attached hydrogens (tertiary/aromatic N) is 1. The molecule has 0 atom stereocenters. The quantitative estimate of drug-likeness (QED) is 0.186. The molecule has 10 aromatic rings. The lowest BCUT2D eigenvalue weighted by Crippen LogP contribution is -2.10. The molecule has 0 fully saturated rings. The van der Waals surface area contributed by atoms with Crippen LogP contribution in [0.5, 0.6) is 0 Å². The number of benzene rings is 8. The molecule has 2 nitrogen and oxygen atoms in total. The van der Waals surface area contributed by atoms with Crippen molar-refractivity contribution in [1.82, 2.24) is 0 Å². The average Bonchev–Trinajstić information content (AvgIpc) is 3.75. The Balaban J connectivity index is 1.19. The van der Waals surface area contributed by atoms with Crippen LogP contribution in [-0.4, -0.2) is 0 Å². The average molecular weight is 644 g/mol. The Bertz CT molecular complexity index is 2830. The van der Waals surface area contributed by atoms with Crippen LogP contribution < -0.4 is 4.90 Å². The van der Waals surface area contributed by atoms with Gasteiger partial charge >= 0.3 is 0 Å². The van der Waals surface area contributed by atoms with Gasteiger partial charge in [-0.05, 0) is 69.9 Å². The van der Waals surface area contributed by atoms with E-state index in [0.717, 1.165) is 44.4 Å². The second kappa shape index (κ2) is 11.2. The van der Waals surface area contributed by atoms with Crippen molar-refractivity contribution in [1.29, 1.82) is 0 Å². The van der Waals surface area contributed by atoms with Gasteiger partial charge in [0.1, 0.15) is 11.2 Å². The number of para-hydroxylation sites is 2. The van der Waals surface area contributed by atoms with E-state index in [1.54, 1.807) is 0 Å². The molecular weight excluding hydrogens is 615 g/mol. The van der Waals surface area contributed by atoms with Crippen molar-refractivity contribution in [3.8, 4) is 22.3 Å². The van der Waals surface area contributed by atoms with E-state index in [2.05, 4.69) is 169 Å². The zero-order chi connectivity index (χ0) is 32.3. The summed E-state index contributed by atoms with van der Waals surface area (Å²) in [5.74, 6) is 0. The summed E-state index contributed by atoms with van der Waals surface area (Å²) in [6.45, 7) is 0. The van der Waals surface area contributed by atoms with Gasteiger partial charge in [0.25, 0.3) is 0 Å². The fraction of sp³-hybridized carbons (Fsp3) is 0. The second-order valence-corrected chi connectivity index (χ2v) is 13.5. The van der Waals surface area contributed by atoms with Gasteiger partial charge in [0, 0.05) is 43.2 Å². The topological polar surface area (TPSA) is 16.4 Å². The van der Waals surface area contributed by atoms with Gasteiger partial charge in [0.15, 0.2) is 0 Å². The largest absolute Gasteiger partial charge is 0.455 e. The first-order valence-corrected chi connectivity index (χ1v) is 17.4. The SMILES string of the molecule is c1ccc(-c2ccc(N(c3ccc(-c4cccc5c4oc4ccccc45)cc3)c3ccc4ccccc4c3)c3sc4ccccc4c23)cc1. The number of hydrogen-bond donors (Lipinski definition) is 0. The molecule has 0 amide bonds. The van der Waals surface area contributed by atoms with Crippen molar-refractivity contribution in [2.75, 3.05) is 4.90 Å². The standard InChI is InChI=1S/C46H29NOS/c1-2-12-31(13-3-1)36-27-28-41(46-44(36)40-16-7-9-20-43(40)49-46)47(35-26-21-30-11-4-5-14-33(30)29-35)34-24-22-32(23-25-34)37-17-10-18-39-38-15-6-8-19-42(38)48-45(37)39/h1-29H. The number of furan rings is 1. The van der Waals surface area contributed by atoms with Crippen LogP contribution in [0.25, 0.3) is 75.1 Å². The van der Waals surface area contributed by atoms with Gasteiger partial charge in [-0.15, -0.1) is 11.3 Å². The number of thiophene rings is 1. The minimum atomic E-state index is 0.912. The predicted molar refractivity (Wildman–Crippen MR) is 210 cm³/mol. The summed E-state index contributed by atoms with van der Waals surface area (Å²) in [5.41, 5.74) is 9.92. The van der Waals surface area contributed by atoms with Crippen LogP contribution in [0.2, 0.25) is 0 Å². The van der Waals surface area contributed by atoms with Crippen LogP contribution in [0.15, 0.2) is 180 Å². The molecule has 49 heavy (non-hydrogen) atoms. The van der Waals surface area contributed by atoms with Gasteiger partial charge in [-0.25, -0.2) is 0 Å². The monoisotopic (exact) mass is 643 g/mol. The van der Waals surface area contributed by atoms with Gasteiger partial charge in [-0.1, -0.05) is 133 Å². The van der Waals surface area contributed by atoms with Crippen LogP contribution >= 0.6 is 11.3 Å². The van der Waals surface area contributed by atoms with Crippen LogP contribution in [0.1, 0.15) is 0 Å². The lowest BCUT2D eigenvalue weighted by atomic mass is 9.98. The Hall–Kier alpha value is -6.16. The van der Waals surface area contributed by atoms with Gasteiger partial charge in [0.05, 0.1) is 10.4 Å². The molecule has 2 aromatic heterocycles. The summed E-state index contributed by atoms with van der Waals surface area (Å²) in [6, 6.07) is 63.2. The smallest absolute Gasteiger partial charge is 0.143 e. The highest BCUT2D eigenvalue weighted by Crippen LogP contribution is 2.48. The molecule has 10 rings (SSSR count). The van der Waals surface area contributed by atoms with E-state index in [9.17, 15) is 0 Å². The molecule has 0 aliphatic carbocycles. The number of hydrogen-bond acceptors (Lipinski definition) is 3. The van der Waals surface area contributed by atoms with Crippen LogP contribution in [0, 0.1) is 0 Å². The number of anilines is 3.